The van der Waals surface area contributed by atoms with Crippen molar-refractivity contribution in [3.63, 3.8) is 0 Å². The number of hydrogen-bond acceptors (Lipinski definition) is 5. The minimum atomic E-state index is -4.40. The molecule has 1 aliphatic rings. The minimum Gasteiger partial charge on any atom is -0.396 e. The maximum atomic E-state index is 13.2. The maximum Gasteiger partial charge on any atom is 0.416 e. The number of halogens is 3. The van der Waals surface area contributed by atoms with Gasteiger partial charge in [0.05, 0.1) is 21.8 Å². The second kappa shape index (κ2) is 10.2. The van der Waals surface area contributed by atoms with Crippen molar-refractivity contribution in [2.24, 2.45) is 0 Å². The summed E-state index contributed by atoms with van der Waals surface area (Å²) >= 11 is 1.46. The van der Waals surface area contributed by atoms with E-state index in [1.54, 1.807) is 12.1 Å². The Labute approximate surface area is 194 Å². The van der Waals surface area contributed by atoms with Gasteiger partial charge >= 0.3 is 6.18 Å². The number of rotatable bonds is 4. The van der Waals surface area contributed by atoms with Gasteiger partial charge in [0.1, 0.15) is 0 Å². The van der Waals surface area contributed by atoms with Gasteiger partial charge in [-0.1, -0.05) is 41.6 Å². The van der Waals surface area contributed by atoms with Crippen LogP contribution in [-0.2, 0) is 22.7 Å². The molecule has 5 nitrogen and oxygen atoms in total. The first-order chi connectivity index (χ1) is 15.5. The van der Waals surface area contributed by atoms with Crippen LogP contribution in [0.2, 0.25) is 0 Å². The van der Waals surface area contributed by atoms with E-state index in [1.807, 2.05) is 31.2 Å². The number of benzene rings is 3. The molecule has 3 aromatic rings. The van der Waals surface area contributed by atoms with Crippen LogP contribution in [-0.4, -0.2) is 24.7 Å². The van der Waals surface area contributed by atoms with Crippen molar-refractivity contribution in [2.45, 2.75) is 40.6 Å². The highest BCUT2D eigenvalue weighted by molar-refractivity contribution is 7.99. The Balaban J connectivity index is 0.000000235. The summed E-state index contributed by atoms with van der Waals surface area (Å²) in [5, 5.41) is 12.1. The molecular weight excluding hydrogens is 475 g/mol. The standard InChI is InChI=1S/C16H14F3NOS.C7H8O3S/c17-16(18,19)11-7-8-14-15(10(11)4-3-9-21)20-12-5-1-2-6-13(12)22-14;1-6-2-4-7(5-3-6)11(8,9)10/h1-2,5-8,20-21H,3-4,9H2;2-5H,1H3,(H,8,9,10). The topological polar surface area (TPSA) is 86.6 Å². The number of fused-ring (bicyclic) bond motifs is 2. The Hall–Kier alpha value is -2.53. The molecule has 4 rings (SSSR count). The molecule has 3 N–H and O–H groups in total. The maximum absolute atomic E-state index is 13.2. The first-order valence-corrected chi connectivity index (χ1v) is 12.2. The van der Waals surface area contributed by atoms with Crippen LogP contribution in [0.1, 0.15) is 23.1 Å². The number of para-hydroxylation sites is 1. The fourth-order valence-electron chi connectivity index (χ4n) is 3.25. The zero-order valence-electron chi connectivity index (χ0n) is 17.6. The Morgan fingerprint density at radius 3 is 2.24 bits per heavy atom. The number of alkyl halides is 3. The largest absolute Gasteiger partial charge is 0.416 e. The van der Waals surface area contributed by atoms with E-state index in [4.69, 9.17) is 9.66 Å². The Bertz CT molecular complexity index is 1230. The van der Waals surface area contributed by atoms with E-state index in [9.17, 15) is 21.6 Å². The van der Waals surface area contributed by atoms with Crippen LogP contribution in [0.4, 0.5) is 24.5 Å². The van der Waals surface area contributed by atoms with E-state index in [2.05, 4.69) is 5.32 Å². The normalized spacial score (nSPS) is 12.7. The summed E-state index contributed by atoms with van der Waals surface area (Å²) in [5.41, 5.74) is 1.86. The van der Waals surface area contributed by atoms with Gasteiger partial charge in [-0.15, -0.1) is 0 Å². The number of aliphatic hydroxyl groups is 1. The van der Waals surface area contributed by atoms with Crippen molar-refractivity contribution in [3.8, 4) is 0 Å². The van der Waals surface area contributed by atoms with Gasteiger partial charge in [0.15, 0.2) is 0 Å². The van der Waals surface area contributed by atoms with E-state index in [0.29, 0.717) is 12.1 Å². The Morgan fingerprint density at radius 2 is 1.64 bits per heavy atom. The van der Waals surface area contributed by atoms with Crippen LogP contribution < -0.4 is 5.32 Å². The van der Waals surface area contributed by atoms with Crippen LogP contribution in [0, 0.1) is 6.92 Å². The lowest BCUT2D eigenvalue weighted by molar-refractivity contribution is -0.138. The van der Waals surface area contributed by atoms with Gasteiger partial charge in [0, 0.05) is 16.4 Å². The first kappa shape index (κ1) is 25.1. The van der Waals surface area contributed by atoms with Crippen molar-refractivity contribution in [3.05, 3.63) is 77.4 Å². The lowest BCUT2D eigenvalue weighted by atomic mass is 9.99. The lowest BCUT2D eigenvalue weighted by Gasteiger charge is -2.25. The van der Waals surface area contributed by atoms with E-state index in [-0.39, 0.29) is 23.5 Å². The zero-order chi connectivity index (χ0) is 24.2. The summed E-state index contributed by atoms with van der Waals surface area (Å²) in [6.45, 7) is 1.71. The predicted octanol–water partition coefficient (Wildman–Crippen LogP) is 6.08. The van der Waals surface area contributed by atoms with Crippen molar-refractivity contribution in [2.75, 3.05) is 11.9 Å². The molecular formula is C23H22F3NO4S2. The van der Waals surface area contributed by atoms with Crippen molar-refractivity contribution < 1.29 is 31.2 Å². The summed E-state index contributed by atoms with van der Waals surface area (Å²) in [6.07, 6.45) is -3.92. The number of aryl methyl sites for hydroxylation is 1. The highest BCUT2D eigenvalue weighted by atomic mass is 32.2. The molecule has 0 amide bonds. The Kier molecular flexibility index (Phi) is 7.73. The third-order valence-electron chi connectivity index (χ3n) is 4.85. The average Bonchev–Trinajstić information content (AvgIpc) is 2.75. The third kappa shape index (κ3) is 6.29. The summed E-state index contributed by atoms with van der Waals surface area (Å²) in [5.74, 6) is 0. The highest BCUT2D eigenvalue weighted by Crippen LogP contribution is 2.48. The monoisotopic (exact) mass is 497 g/mol. The zero-order valence-corrected chi connectivity index (χ0v) is 19.2. The molecule has 0 saturated heterocycles. The lowest BCUT2D eigenvalue weighted by Crippen LogP contribution is -2.13. The molecule has 10 heteroatoms. The molecule has 0 unspecified atom stereocenters. The quantitative estimate of drug-likeness (QED) is 0.296. The van der Waals surface area contributed by atoms with Crippen molar-refractivity contribution in [1.29, 1.82) is 0 Å². The summed E-state index contributed by atoms with van der Waals surface area (Å²) in [4.78, 5) is 1.70. The molecule has 0 aliphatic carbocycles. The number of hydrogen-bond donors (Lipinski definition) is 3. The molecule has 0 fully saturated rings. The van der Waals surface area contributed by atoms with E-state index in [0.717, 1.165) is 27.1 Å². The van der Waals surface area contributed by atoms with Crippen LogP contribution in [0.5, 0.6) is 0 Å². The molecule has 3 aromatic carbocycles. The van der Waals surface area contributed by atoms with E-state index in [1.165, 1.54) is 30.0 Å². The number of nitrogens with one attached hydrogen (secondary N) is 1. The van der Waals surface area contributed by atoms with Gasteiger partial charge in [0.2, 0.25) is 0 Å². The molecule has 0 atom stereocenters. The average molecular weight is 498 g/mol. The molecule has 0 spiro atoms. The highest BCUT2D eigenvalue weighted by Gasteiger charge is 2.35. The fraction of sp³-hybridized carbons (Fsp3) is 0.217. The molecule has 0 saturated carbocycles. The molecule has 0 bridgehead atoms. The Morgan fingerprint density at radius 1 is 0.970 bits per heavy atom. The molecule has 0 radical (unpaired) electrons. The summed E-state index contributed by atoms with van der Waals surface area (Å²) in [6, 6.07) is 16.2. The number of aliphatic hydroxyl groups excluding tert-OH is 1. The molecule has 0 aromatic heterocycles. The molecule has 1 aliphatic heterocycles. The van der Waals surface area contributed by atoms with Crippen LogP contribution in [0.3, 0.4) is 0 Å². The van der Waals surface area contributed by atoms with Gasteiger partial charge in [-0.05, 0) is 61.7 Å². The smallest absolute Gasteiger partial charge is 0.396 e. The van der Waals surface area contributed by atoms with Gasteiger partial charge < -0.3 is 10.4 Å². The SMILES string of the molecule is Cc1ccc(S(=O)(=O)O)cc1.OCCCc1c(C(F)(F)F)ccc2c1Nc1ccccc1S2. The molecule has 176 valence electrons. The summed E-state index contributed by atoms with van der Waals surface area (Å²) in [7, 11) is -4.02. The predicted molar refractivity (Wildman–Crippen MR) is 122 cm³/mol. The first-order valence-electron chi connectivity index (χ1n) is 9.92. The fourth-order valence-corrected chi connectivity index (χ4v) is 4.76. The van der Waals surface area contributed by atoms with Crippen LogP contribution in [0.25, 0.3) is 0 Å². The van der Waals surface area contributed by atoms with Gasteiger partial charge in [-0.2, -0.15) is 21.6 Å². The van der Waals surface area contributed by atoms with E-state index < -0.39 is 21.9 Å². The van der Waals surface area contributed by atoms with Crippen LogP contribution >= 0.6 is 11.8 Å². The van der Waals surface area contributed by atoms with Crippen molar-refractivity contribution >= 4 is 33.3 Å². The van der Waals surface area contributed by atoms with Crippen LogP contribution in [0.15, 0.2) is 75.4 Å². The third-order valence-corrected chi connectivity index (χ3v) is 6.85. The summed E-state index contributed by atoms with van der Waals surface area (Å²) < 4.78 is 69.3. The van der Waals surface area contributed by atoms with Gasteiger partial charge in [-0.3, -0.25) is 4.55 Å². The second-order valence-electron chi connectivity index (χ2n) is 7.30. The second-order valence-corrected chi connectivity index (χ2v) is 9.81. The number of anilines is 2. The molecule has 1 heterocycles. The molecule has 33 heavy (non-hydrogen) atoms. The van der Waals surface area contributed by atoms with Gasteiger partial charge in [-0.25, -0.2) is 0 Å². The van der Waals surface area contributed by atoms with E-state index >= 15 is 0 Å². The van der Waals surface area contributed by atoms with Gasteiger partial charge in [0.25, 0.3) is 10.1 Å². The van der Waals surface area contributed by atoms with Crippen molar-refractivity contribution in [1.82, 2.24) is 0 Å². The minimum absolute atomic E-state index is 0.0666.